The van der Waals surface area contributed by atoms with Crippen molar-refractivity contribution in [3.8, 4) is 11.6 Å². The Morgan fingerprint density at radius 2 is 2.09 bits per heavy atom. The molecule has 0 radical (unpaired) electrons. The second kappa shape index (κ2) is 5.31. The average Bonchev–Trinajstić information content (AvgIpc) is 2.73. The molecule has 0 bridgehead atoms. The van der Waals surface area contributed by atoms with Crippen LogP contribution in [-0.2, 0) is 4.79 Å². The number of carbonyl (C=O) groups is 1. The lowest BCUT2D eigenvalue weighted by Gasteiger charge is -2.11. The van der Waals surface area contributed by atoms with Gasteiger partial charge in [-0.3, -0.25) is 14.2 Å². The zero-order valence-corrected chi connectivity index (χ0v) is 12.6. The lowest BCUT2D eigenvalue weighted by molar-refractivity contribution is -0.132. The van der Waals surface area contributed by atoms with Gasteiger partial charge in [0.05, 0.1) is 22.4 Å². The molecule has 0 amide bonds. The first-order chi connectivity index (χ1) is 10.5. The number of nitrogens with one attached hydrogen (secondary N) is 1. The fourth-order valence-corrected chi connectivity index (χ4v) is 2.60. The highest BCUT2D eigenvalue weighted by atomic mass is 35.5. The first-order valence-electron chi connectivity index (χ1n) is 6.52. The summed E-state index contributed by atoms with van der Waals surface area (Å²) in [5.41, 5.74) is 1.18. The molecule has 112 valence electrons. The molecule has 7 heteroatoms. The van der Waals surface area contributed by atoms with Gasteiger partial charge in [0.25, 0.3) is 5.56 Å². The van der Waals surface area contributed by atoms with Gasteiger partial charge in [0.1, 0.15) is 0 Å². The molecular formula is C15H12ClN3O3. The fourth-order valence-electron chi connectivity index (χ4n) is 2.38. The van der Waals surface area contributed by atoms with Gasteiger partial charge in [-0.25, -0.2) is 4.98 Å². The molecule has 0 saturated carbocycles. The topological polar surface area (TPSA) is 77.0 Å². The Bertz CT molecular complexity index is 943. The van der Waals surface area contributed by atoms with E-state index in [0.717, 1.165) is 0 Å². The van der Waals surface area contributed by atoms with E-state index in [2.05, 4.69) is 9.97 Å². The maximum Gasteiger partial charge on any atom is 0.309 e. The van der Waals surface area contributed by atoms with Crippen LogP contribution in [0.25, 0.3) is 16.7 Å². The van der Waals surface area contributed by atoms with Gasteiger partial charge in [0.15, 0.2) is 5.65 Å². The molecule has 0 aliphatic heterocycles. The number of ether oxygens (including phenoxy) is 1. The summed E-state index contributed by atoms with van der Waals surface area (Å²) in [6, 6.07) is 7.06. The Kier molecular flexibility index (Phi) is 3.46. The van der Waals surface area contributed by atoms with Crippen LogP contribution in [0.4, 0.5) is 0 Å². The zero-order valence-electron chi connectivity index (χ0n) is 11.9. The Labute approximate surface area is 130 Å². The van der Waals surface area contributed by atoms with E-state index in [-0.39, 0.29) is 11.4 Å². The van der Waals surface area contributed by atoms with Crippen LogP contribution < -0.4 is 10.3 Å². The summed E-state index contributed by atoms with van der Waals surface area (Å²) >= 11 is 6.24. The average molecular weight is 318 g/mol. The van der Waals surface area contributed by atoms with Crippen molar-refractivity contribution in [3.05, 3.63) is 51.5 Å². The summed E-state index contributed by atoms with van der Waals surface area (Å²) in [4.78, 5) is 30.2. The summed E-state index contributed by atoms with van der Waals surface area (Å²) in [7, 11) is 0. The van der Waals surface area contributed by atoms with Crippen LogP contribution in [0.15, 0.2) is 35.4 Å². The van der Waals surface area contributed by atoms with Crippen LogP contribution in [0.3, 0.4) is 0 Å². The van der Waals surface area contributed by atoms with E-state index in [9.17, 15) is 9.59 Å². The molecule has 1 aromatic carbocycles. The highest BCUT2D eigenvalue weighted by Gasteiger charge is 2.22. The van der Waals surface area contributed by atoms with Gasteiger partial charge in [-0.05, 0) is 19.1 Å². The van der Waals surface area contributed by atoms with Crippen LogP contribution in [0.2, 0.25) is 5.02 Å². The minimum Gasteiger partial charge on any atom is -0.409 e. The highest BCUT2D eigenvalue weighted by Crippen LogP contribution is 2.34. The molecule has 0 aliphatic rings. The number of benzene rings is 1. The molecular weight excluding hydrogens is 306 g/mol. The number of esters is 1. The Balaban J connectivity index is 2.46. The standard InChI is InChI=1S/C15H12ClN3O3/c1-8-12-13(17-7-18-14(12)21)19(15(8)22-9(2)20)11-6-4-3-5-10(11)16/h3-7H,1-2H3,(H,17,18,21). The number of carbonyl (C=O) groups excluding carboxylic acids is 1. The third-order valence-electron chi connectivity index (χ3n) is 3.28. The summed E-state index contributed by atoms with van der Waals surface area (Å²) in [6.45, 7) is 3.00. The summed E-state index contributed by atoms with van der Waals surface area (Å²) < 4.78 is 6.87. The van der Waals surface area contributed by atoms with E-state index >= 15 is 0 Å². The van der Waals surface area contributed by atoms with E-state index in [4.69, 9.17) is 16.3 Å². The smallest absolute Gasteiger partial charge is 0.309 e. The van der Waals surface area contributed by atoms with Crippen molar-refractivity contribution >= 4 is 28.6 Å². The van der Waals surface area contributed by atoms with Gasteiger partial charge in [-0.2, -0.15) is 0 Å². The van der Waals surface area contributed by atoms with E-state index in [0.29, 0.717) is 27.3 Å². The number of para-hydroxylation sites is 1. The number of aromatic nitrogens is 3. The second-order valence-corrected chi connectivity index (χ2v) is 5.15. The lowest BCUT2D eigenvalue weighted by Crippen LogP contribution is -2.08. The van der Waals surface area contributed by atoms with Crippen LogP contribution in [0, 0.1) is 6.92 Å². The zero-order chi connectivity index (χ0) is 15.9. The summed E-state index contributed by atoms with van der Waals surface area (Å²) in [5.74, 6) is -0.254. The number of fused-ring (bicyclic) bond motifs is 1. The summed E-state index contributed by atoms with van der Waals surface area (Å²) in [6.07, 6.45) is 1.30. The van der Waals surface area contributed by atoms with Crippen molar-refractivity contribution in [2.24, 2.45) is 0 Å². The molecule has 22 heavy (non-hydrogen) atoms. The molecule has 0 spiro atoms. The quantitative estimate of drug-likeness (QED) is 0.737. The minimum atomic E-state index is -0.490. The molecule has 0 fully saturated rings. The number of hydrogen-bond donors (Lipinski definition) is 1. The van der Waals surface area contributed by atoms with E-state index in [1.54, 1.807) is 35.8 Å². The normalized spacial score (nSPS) is 10.9. The first kappa shape index (κ1) is 14.3. The Hall–Kier alpha value is -2.60. The maximum absolute atomic E-state index is 12.1. The number of H-pyrrole nitrogens is 1. The third kappa shape index (κ3) is 2.17. The third-order valence-corrected chi connectivity index (χ3v) is 3.60. The number of aromatic amines is 1. The molecule has 1 N–H and O–H groups in total. The van der Waals surface area contributed by atoms with Crippen molar-refractivity contribution in [1.29, 1.82) is 0 Å². The van der Waals surface area contributed by atoms with Gasteiger partial charge in [0.2, 0.25) is 5.88 Å². The van der Waals surface area contributed by atoms with Gasteiger partial charge in [-0.15, -0.1) is 0 Å². The van der Waals surface area contributed by atoms with Gasteiger partial charge in [-0.1, -0.05) is 23.7 Å². The number of rotatable bonds is 2. The lowest BCUT2D eigenvalue weighted by atomic mass is 10.2. The van der Waals surface area contributed by atoms with E-state index < -0.39 is 5.97 Å². The van der Waals surface area contributed by atoms with E-state index in [1.807, 2.05) is 0 Å². The molecule has 3 aromatic rings. The van der Waals surface area contributed by atoms with Crippen LogP contribution in [-0.4, -0.2) is 20.5 Å². The van der Waals surface area contributed by atoms with Crippen molar-refractivity contribution in [1.82, 2.24) is 14.5 Å². The van der Waals surface area contributed by atoms with Gasteiger partial charge >= 0.3 is 5.97 Å². The van der Waals surface area contributed by atoms with Crippen molar-refractivity contribution in [3.63, 3.8) is 0 Å². The molecule has 2 heterocycles. The number of nitrogens with zero attached hydrogens (tertiary/aromatic N) is 2. The number of aryl methyl sites for hydroxylation is 1. The highest BCUT2D eigenvalue weighted by molar-refractivity contribution is 6.32. The van der Waals surface area contributed by atoms with Crippen molar-refractivity contribution in [2.75, 3.05) is 0 Å². The second-order valence-electron chi connectivity index (χ2n) is 4.74. The largest absolute Gasteiger partial charge is 0.409 e. The van der Waals surface area contributed by atoms with Crippen molar-refractivity contribution in [2.45, 2.75) is 13.8 Å². The maximum atomic E-state index is 12.1. The fraction of sp³-hybridized carbons (Fsp3) is 0.133. The Morgan fingerprint density at radius 1 is 1.36 bits per heavy atom. The monoisotopic (exact) mass is 317 g/mol. The predicted octanol–water partition coefficient (Wildman–Crippen LogP) is 2.60. The molecule has 0 unspecified atom stereocenters. The van der Waals surface area contributed by atoms with Gasteiger partial charge in [0, 0.05) is 12.5 Å². The van der Waals surface area contributed by atoms with E-state index in [1.165, 1.54) is 13.3 Å². The predicted molar refractivity (Wildman–Crippen MR) is 82.7 cm³/mol. The van der Waals surface area contributed by atoms with Gasteiger partial charge < -0.3 is 9.72 Å². The SMILES string of the molecule is CC(=O)Oc1c(C)c2c(=O)[nH]cnc2n1-c1ccccc1Cl. The van der Waals surface area contributed by atoms with Crippen LogP contribution >= 0.6 is 11.6 Å². The number of hydrogen-bond acceptors (Lipinski definition) is 4. The Morgan fingerprint density at radius 3 is 2.77 bits per heavy atom. The molecule has 3 rings (SSSR count). The van der Waals surface area contributed by atoms with Crippen LogP contribution in [0.5, 0.6) is 5.88 Å². The number of halogens is 1. The molecule has 0 aliphatic carbocycles. The molecule has 6 nitrogen and oxygen atoms in total. The molecule has 0 atom stereocenters. The van der Waals surface area contributed by atoms with Crippen molar-refractivity contribution < 1.29 is 9.53 Å². The van der Waals surface area contributed by atoms with Crippen LogP contribution in [0.1, 0.15) is 12.5 Å². The molecule has 2 aromatic heterocycles. The molecule has 0 saturated heterocycles. The summed E-state index contributed by atoms with van der Waals surface area (Å²) in [5, 5.41) is 0.813. The minimum absolute atomic E-state index is 0.236. The first-order valence-corrected chi connectivity index (χ1v) is 6.90.